The van der Waals surface area contributed by atoms with Gasteiger partial charge in [0.15, 0.2) is 0 Å². The zero-order valence-corrected chi connectivity index (χ0v) is 17.1. The zero-order chi connectivity index (χ0) is 19.8. The van der Waals surface area contributed by atoms with Crippen molar-refractivity contribution in [3.63, 3.8) is 0 Å². The van der Waals surface area contributed by atoms with Crippen LogP contribution in [0.1, 0.15) is 36.7 Å². The van der Waals surface area contributed by atoms with Crippen molar-refractivity contribution in [2.45, 2.75) is 38.1 Å². The van der Waals surface area contributed by atoms with Gasteiger partial charge < -0.3 is 5.32 Å². The van der Waals surface area contributed by atoms with Crippen LogP contribution in [-0.4, -0.2) is 26.9 Å². The van der Waals surface area contributed by atoms with Gasteiger partial charge in [-0.05, 0) is 49.1 Å². The number of carbonyl (C=O) groups is 1. The molecule has 0 aliphatic carbocycles. The summed E-state index contributed by atoms with van der Waals surface area (Å²) in [5.41, 5.74) is 1.92. The predicted octanol–water partition coefficient (Wildman–Crippen LogP) is 3.87. The Kier molecular flexibility index (Phi) is 5.49. The minimum absolute atomic E-state index is 0.0290. The summed E-state index contributed by atoms with van der Waals surface area (Å²) in [5.74, 6) is -0.0447. The third-order valence-corrected chi connectivity index (χ3v) is 7.26. The van der Waals surface area contributed by atoms with E-state index in [1.54, 1.807) is 12.1 Å². The number of hydrogen-bond acceptors (Lipinski definition) is 3. The Morgan fingerprint density at radius 2 is 1.85 bits per heavy atom. The predicted molar refractivity (Wildman–Crippen MR) is 108 cm³/mol. The minimum Gasteiger partial charge on any atom is -0.349 e. The van der Waals surface area contributed by atoms with E-state index in [-0.39, 0.29) is 33.3 Å². The summed E-state index contributed by atoms with van der Waals surface area (Å²) in [7, 11) is -3.86. The summed E-state index contributed by atoms with van der Waals surface area (Å²) in [6.45, 7) is 6.29. The third kappa shape index (κ3) is 3.82. The van der Waals surface area contributed by atoms with E-state index in [4.69, 9.17) is 11.6 Å². The molecular weight excluding hydrogens is 384 g/mol. The summed E-state index contributed by atoms with van der Waals surface area (Å²) < 4.78 is 27.8. The van der Waals surface area contributed by atoms with Crippen molar-refractivity contribution in [3.05, 3.63) is 58.6 Å². The lowest BCUT2D eigenvalue weighted by Gasteiger charge is -2.21. The fourth-order valence-corrected chi connectivity index (χ4v) is 4.98. The summed E-state index contributed by atoms with van der Waals surface area (Å²) in [6.07, 6.45) is 0.652. The molecule has 1 atom stereocenters. The maximum Gasteiger partial charge on any atom is 0.265 e. The van der Waals surface area contributed by atoms with Gasteiger partial charge in [-0.1, -0.05) is 43.6 Å². The van der Waals surface area contributed by atoms with Gasteiger partial charge in [-0.25, -0.2) is 8.42 Å². The molecule has 1 N–H and O–H groups in total. The highest BCUT2D eigenvalue weighted by Crippen LogP contribution is 2.35. The first-order valence-corrected chi connectivity index (χ1v) is 10.7. The molecule has 0 radical (unpaired) electrons. The average Bonchev–Trinajstić information content (AvgIpc) is 3.06. The van der Waals surface area contributed by atoms with Crippen LogP contribution in [0.25, 0.3) is 0 Å². The molecule has 144 valence electrons. The molecule has 5 nitrogen and oxygen atoms in total. The van der Waals surface area contributed by atoms with Crippen LogP contribution in [0.3, 0.4) is 0 Å². The number of sulfonamides is 1. The Morgan fingerprint density at radius 1 is 1.15 bits per heavy atom. The molecule has 1 heterocycles. The molecule has 2 aromatic carbocycles. The number of amides is 1. The highest BCUT2D eigenvalue weighted by molar-refractivity contribution is 7.93. The quantitative estimate of drug-likeness (QED) is 0.819. The maximum atomic E-state index is 13.2. The molecule has 0 fully saturated rings. The second-order valence-electron chi connectivity index (χ2n) is 7.11. The van der Waals surface area contributed by atoms with E-state index >= 15 is 0 Å². The number of anilines is 1. The number of nitrogens with zero attached hydrogens (tertiary/aromatic N) is 1. The lowest BCUT2D eigenvalue weighted by molar-refractivity contribution is 0.0930. The number of rotatable bonds is 5. The van der Waals surface area contributed by atoms with E-state index in [2.05, 4.69) is 5.32 Å². The fraction of sp³-hybridized carbons (Fsp3) is 0.350. The number of benzene rings is 2. The highest BCUT2D eigenvalue weighted by Gasteiger charge is 2.32. The summed E-state index contributed by atoms with van der Waals surface area (Å²) in [4.78, 5) is 12.5. The molecule has 1 aliphatic rings. The van der Waals surface area contributed by atoms with Gasteiger partial charge in [0.2, 0.25) is 0 Å². The van der Waals surface area contributed by atoms with E-state index < -0.39 is 10.0 Å². The maximum absolute atomic E-state index is 13.2. The van der Waals surface area contributed by atoms with Gasteiger partial charge >= 0.3 is 0 Å². The molecule has 0 saturated heterocycles. The van der Waals surface area contributed by atoms with Gasteiger partial charge in [0.25, 0.3) is 15.9 Å². The first kappa shape index (κ1) is 19.7. The van der Waals surface area contributed by atoms with E-state index in [0.717, 1.165) is 5.56 Å². The normalized spacial score (nSPS) is 14.9. The Balaban J connectivity index is 1.96. The van der Waals surface area contributed by atoms with Crippen molar-refractivity contribution in [1.29, 1.82) is 0 Å². The largest absolute Gasteiger partial charge is 0.349 e. The number of halogens is 1. The van der Waals surface area contributed by atoms with Crippen molar-refractivity contribution in [1.82, 2.24) is 5.32 Å². The van der Waals surface area contributed by atoms with Crippen molar-refractivity contribution < 1.29 is 13.2 Å². The standard InChI is InChI=1S/C20H23ClN2O3S/c1-13(2)14(3)22-20(24)16-8-9-17(21)19(12-16)27(25,26)23-11-10-15-6-4-5-7-18(15)23/h4-9,12-14H,10-11H2,1-3H3,(H,22,24)/t14-/m0/s1. The molecule has 3 rings (SSSR count). The van der Waals surface area contributed by atoms with E-state index in [1.165, 1.54) is 16.4 Å². The molecule has 0 aromatic heterocycles. The van der Waals surface area contributed by atoms with Gasteiger partial charge in [-0.2, -0.15) is 0 Å². The lowest BCUT2D eigenvalue weighted by Crippen LogP contribution is -2.36. The Labute approximate surface area is 165 Å². The number of fused-ring (bicyclic) bond motifs is 1. The monoisotopic (exact) mass is 406 g/mol. The van der Waals surface area contributed by atoms with Gasteiger partial charge in [0, 0.05) is 18.2 Å². The molecule has 0 unspecified atom stereocenters. The summed E-state index contributed by atoms with van der Waals surface area (Å²) in [6, 6.07) is 11.7. The van der Waals surface area contributed by atoms with E-state index in [9.17, 15) is 13.2 Å². The minimum atomic E-state index is -3.86. The molecule has 7 heteroatoms. The van der Waals surface area contributed by atoms with Gasteiger partial charge in [0.1, 0.15) is 4.90 Å². The van der Waals surface area contributed by atoms with Crippen LogP contribution < -0.4 is 9.62 Å². The molecule has 0 saturated carbocycles. The number of carbonyl (C=O) groups excluding carboxylic acids is 1. The molecule has 27 heavy (non-hydrogen) atoms. The second kappa shape index (κ2) is 7.52. The summed E-state index contributed by atoms with van der Waals surface area (Å²) >= 11 is 6.21. The topological polar surface area (TPSA) is 66.5 Å². The first-order valence-electron chi connectivity index (χ1n) is 8.93. The van der Waals surface area contributed by atoms with Crippen LogP contribution in [0.2, 0.25) is 5.02 Å². The molecule has 1 amide bonds. The fourth-order valence-electron chi connectivity index (χ4n) is 2.98. The SMILES string of the molecule is CC(C)[C@H](C)NC(=O)c1ccc(Cl)c(S(=O)(=O)N2CCc3ccccc32)c1. The van der Waals surface area contributed by atoms with Crippen molar-refractivity contribution >= 4 is 33.2 Å². The van der Waals surface area contributed by atoms with E-state index in [1.807, 2.05) is 39.0 Å². The third-order valence-electron chi connectivity index (χ3n) is 4.96. The van der Waals surface area contributed by atoms with Crippen LogP contribution in [-0.2, 0) is 16.4 Å². The van der Waals surface area contributed by atoms with Gasteiger partial charge in [0.05, 0.1) is 10.7 Å². The molecular formula is C20H23ClN2O3S. The Morgan fingerprint density at radius 3 is 2.56 bits per heavy atom. The van der Waals surface area contributed by atoms with Crippen molar-refractivity contribution in [2.24, 2.45) is 5.92 Å². The molecule has 0 bridgehead atoms. The summed E-state index contributed by atoms with van der Waals surface area (Å²) in [5, 5.41) is 2.99. The number of para-hydroxylation sites is 1. The molecule has 1 aliphatic heterocycles. The highest BCUT2D eigenvalue weighted by atomic mass is 35.5. The van der Waals surface area contributed by atoms with Gasteiger partial charge in [-0.3, -0.25) is 9.10 Å². The van der Waals surface area contributed by atoms with Gasteiger partial charge in [-0.15, -0.1) is 0 Å². The Hall–Kier alpha value is -2.05. The second-order valence-corrected chi connectivity index (χ2v) is 9.35. The lowest BCUT2D eigenvalue weighted by atomic mass is 10.1. The molecule has 0 spiro atoms. The first-order chi connectivity index (χ1) is 12.7. The van der Waals surface area contributed by atoms with Crippen molar-refractivity contribution in [2.75, 3.05) is 10.8 Å². The average molecular weight is 407 g/mol. The van der Waals surface area contributed by atoms with Crippen LogP contribution >= 0.6 is 11.6 Å². The zero-order valence-electron chi connectivity index (χ0n) is 15.6. The Bertz CT molecular complexity index is 973. The van der Waals surface area contributed by atoms with Crippen LogP contribution in [0.4, 0.5) is 5.69 Å². The van der Waals surface area contributed by atoms with Crippen LogP contribution in [0.5, 0.6) is 0 Å². The molecule has 2 aromatic rings. The van der Waals surface area contributed by atoms with E-state index in [0.29, 0.717) is 18.7 Å². The van der Waals surface area contributed by atoms with Crippen molar-refractivity contribution in [3.8, 4) is 0 Å². The van der Waals surface area contributed by atoms with Crippen LogP contribution in [0.15, 0.2) is 47.4 Å². The smallest absolute Gasteiger partial charge is 0.265 e. The number of nitrogens with one attached hydrogen (secondary N) is 1. The number of hydrogen-bond donors (Lipinski definition) is 1. The van der Waals surface area contributed by atoms with Crippen LogP contribution in [0, 0.1) is 5.92 Å².